The van der Waals surface area contributed by atoms with Crippen LogP contribution < -0.4 is 5.73 Å². The van der Waals surface area contributed by atoms with Gasteiger partial charge in [0.2, 0.25) is 0 Å². The molecular formula is C11H21NO2. The zero-order chi connectivity index (χ0) is 10.4. The van der Waals surface area contributed by atoms with Gasteiger partial charge in [0.1, 0.15) is 6.10 Å². The fourth-order valence-corrected chi connectivity index (χ4v) is 1.74. The Morgan fingerprint density at radius 1 is 1.36 bits per heavy atom. The summed E-state index contributed by atoms with van der Waals surface area (Å²) in [7, 11) is 0. The number of esters is 1. The monoisotopic (exact) mass is 199 g/mol. The van der Waals surface area contributed by atoms with Gasteiger partial charge in [0.05, 0.1) is 5.92 Å². The van der Waals surface area contributed by atoms with Crippen LogP contribution in [0.15, 0.2) is 0 Å². The van der Waals surface area contributed by atoms with E-state index in [-0.39, 0.29) is 18.0 Å². The number of hydrogen-bond acceptors (Lipinski definition) is 3. The standard InChI is InChI=1S/C11H21NO2/c1-9(8-12)11(13)14-10-6-4-2-3-5-7-10/h9-10H,2-8,12H2,1H3. The molecule has 2 N–H and O–H groups in total. The molecule has 0 radical (unpaired) electrons. The van der Waals surface area contributed by atoms with Crippen molar-refractivity contribution in [2.75, 3.05) is 6.54 Å². The quantitative estimate of drug-likeness (QED) is 0.557. The summed E-state index contributed by atoms with van der Waals surface area (Å²) in [5.41, 5.74) is 5.41. The molecular weight excluding hydrogens is 178 g/mol. The van der Waals surface area contributed by atoms with Crippen molar-refractivity contribution in [3.8, 4) is 0 Å². The van der Waals surface area contributed by atoms with Crippen LogP contribution in [-0.4, -0.2) is 18.6 Å². The van der Waals surface area contributed by atoms with E-state index < -0.39 is 0 Å². The summed E-state index contributed by atoms with van der Waals surface area (Å²) >= 11 is 0. The molecule has 0 aromatic heterocycles. The van der Waals surface area contributed by atoms with Gasteiger partial charge >= 0.3 is 5.97 Å². The van der Waals surface area contributed by atoms with Crippen LogP contribution in [0.4, 0.5) is 0 Å². The largest absolute Gasteiger partial charge is 0.462 e. The molecule has 1 fully saturated rings. The highest BCUT2D eigenvalue weighted by atomic mass is 16.5. The first-order chi connectivity index (χ1) is 6.74. The van der Waals surface area contributed by atoms with E-state index in [1.165, 1.54) is 25.7 Å². The van der Waals surface area contributed by atoms with E-state index in [0.717, 1.165) is 12.8 Å². The van der Waals surface area contributed by atoms with Crippen molar-refractivity contribution in [2.24, 2.45) is 11.7 Å². The zero-order valence-electron chi connectivity index (χ0n) is 9.00. The van der Waals surface area contributed by atoms with Crippen LogP contribution in [0, 0.1) is 5.92 Å². The van der Waals surface area contributed by atoms with Crippen molar-refractivity contribution < 1.29 is 9.53 Å². The lowest BCUT2D eigenvalue weighted by molar-refractivity contribution is -0.153. The maximum Gasteiger partial charge on any atom is 0.310 e. The minimum atomic E-state index is -0.154. The van der Waals surface area contributed by atoms with E-state index in [1.54, 1.807) is 0 Å². The average Bonchev–Trinajstić information content (AvgIpc) is 2.45. The minimum absolute atomic E-state index is 0.126. The maximum absolute atomic E-state index is 11.5. The van der Waals surface area contributed by atoms with Gasteiger partial charge in [0.15, 0.2) is 0 Å². The molecule has 1 atom stereocenters. The van der Waals surface area contributed by atoms with Crippen LogP contribution in [0.2, 0.25) is 0 Å². The highest BCUT2D eigenvalue weighted by molar-refractivity contribution is 5.72. The van der Waals surface area contributed by atoms with Gasteiger partial charge in [-0.3, -0.25) is 4.79 Å². The van der Waals surface area contributed by atoms with Crippen molar-refractivity contribution >= 4 is 5.97 Å². The number of ether oxygens (including phenoxy) is 1. The van der Waals surface area contributed by atoms with E-state index in [4.69, 9.17) is 10.5 Å². The summed E-state index contributed by atoms with van der Waals surface area (Å²) in [6.45, 7) is 2.20. The summed E-state index contributed by atoms with van der Waals surface area (Å²) in [6.07, 6.45) is 7.15. The molecule has 0 aromatic carbocycles. The number of nitrogens with two attached hydrogens (primary N) is 1. The third-order valence-electron chi connectivity index (χ3n) is 2.84. The molecule has 0 bridgehead atoms. The van der Waals surface area contributed by atoms with Crippen LogP contribution in [0.5, 0.6) is 0 Å². The fraction of sp³-hybridized carbons (Fsp3) is 0.909. The van der Waals surface area contributed by atoms with Gasteiger partial charge in [-0.15, -0.1) is 0 Å². The van der Waals surface area contributed by atoms with Crippen LogP contribution in [-0.2, 0) is 9.53 Å². The first-order valence-corrected chi connectivity index (χ1v) is 5.64. The smallest absolute Gasteiger partial charge is 0.310 e. The molecule has 1 unspecified atom stereocenters. The molecule has 3 nitrogen and oxygen atoms in total. The van der Waals surface area contributed by atoms with Gasteiger partial charge in [0.25, 0.3) is 0 Å². The molecule has 0 spiro atoms. The summed E-state index contributed by atoms with van der Waals surface area (Å²) in [4.78, 5) is 11.5. The predicted octanol–water partition coefficient (Wildman–Crippen LogP) is 1.85. The number of carbonyl (C=O) groups is 1. The molecule has 0 aliphatic heterocycles. The summed E-state index contributed by atoms with van der Waals surface area (Å²) in [5.74, 6) is -0.280. The Bertz CT molecular complexity index is 174. The van der Waals surface area contributed by atoms with E-state index in [2.05, 4.69) is 0 Å². The highest BCUT2D eigenvalue weighted by Crippen LogP contribution is 2.20. The van der Waals surface area contributed by atoms with Crippen LogP contribution in [0.25, 0.3) is 0 Å². The fourth-order valence-electron chi connectivity index (χ4n) is 1.74. The lowest BCUT2D eigenvalue weighted by atomic mass is 10.1. The van der Waals surface area contributed by atoms with Crippen molar-refractivity contribution in [2.45, 2.75) is 51.6 Å². The van der Waals surface area contributed by atoms with Gasteiger partial charge in [-0.2, -0.15) is 0 Å². The number of carbonyl (C=O) groups excluding carboxylic acids is 1. The van der Waals surface area contributed by atoms with Crippen LogP contribution in [0.3, 0.4) is 0 Å². The van der Waals surface area contributed by atoms with Gasteiger partial charge in [-0.05, 0) is 25.7 Å². The topological polar surface area (TPSA) is 52.3 Å². The maximum atomic E-state index is 11.5. The van der Waals surface area contributed by atoms with Gasteiger partial charge < -0.3 is 10.5 Å². The van der Waals surface area contributed by atoms with E-state index in [1.807, 2.05) is 6.92 Å². The molecule has 0 saturated heterocycles. The Kier molecular flexibility index (Phi) is 4.94. The molecule has 0 heterocycles. The van der Waals surface area contributed by atoms with Crippen molar-refractivity contribution in [1.29, 1.82) is 0 Å². The highest BCUT2D eigenvalue weighted by Gasteiger charge is 2.19. The Balaban J connectivity index is 2.30. The second-order valence-electron chi connectivity index (χ2n) is 4.19. The zero-order valence-corrected chi connectivity index (χ0v) is 9.00. The Hall–Kier alpha value is -0.570. The van der Waals surface area contributed by atoms with Gasteiger partial charge in [0, 0.05) is 6.54 Å². The Morgan fingerprint density at radius 3 is 2.43 bits per heavy atom. The molecule has 0 aromatic rings. The summed E-state index contributed by atoms with van der Waals surface area (Å²) in [6, 6.07) is 0. The van der Waals surface area contributed by atoms with E-state index in [0.29, 0.717) is 6.54 Å². The Labute approximate surface area is 86.0 Å². The first-order valence-electron chi connectivity index (χ1n) is 5.64. The second kappa shape index (κ2) is 6.02. The molecule has 14 heavy (non-hydrogen) atoms. The lowest BCUT2D eigenvalue weighted by Crippen LogP contribution is -2.27. The third kappa shape index (κ3) is 3.66. The Morgan fingerprint density at radius 2 is 1.93 bits per heavy atom. The molecule has 1 saturated carbocycles. The number of hydrogen-bond donors (Lipinski definition) is 1. The normalized spacial score (nSPS) is 21.3. The minimum Gasteiger partial charge on any atom is -0.462 e. The SMILES string of the molecule is CC(CN)C(=O)OC1CCCCCC1. The summed E-state index contributed by atoms with van der Waals surface area (Å²) < 4.78 is 5.41. The molecule has 3 heteroatoms. The van der Waals surface area contributed by atoms with E-state index >= 15 is 0 Å². The van der Waals surface area contributed by atoms with Crippen molar-refractivity contribution in [3.63, 3.8) is 0 Å². The van der Waals surface area contributed by atoms with Crippen molar-refractivity contribution in [1.82, 2.24) is 0 Å². The average molecular weight is 199 g/mol. The molecule has 0 amide bonds. The number of rotatable bonds is 3. The van der Waals surface area contributed by atoms with E-state index in [9.17, 15) is 4.79 Å². The van der Waals surface area contributed by atoms with Gasteiger partial charge in [-0.25, -0.2) is 0 Å². The molecule has 1 rings (SSSR count). The summed E-state index contributed by atoms with van der Waals surface area (Å²) in [5, 5.41) is 0. The van der Waals surface area contributed by atoms with Gasteiger partial charge in [-0.1, -0.05) is 19.8 Å². The molecule has 1 aliphatic rings. The predicted molar refractivity (Wildman–Crippen MR) is 55.8 cm³/mol. The van der Waals surface area contributed by atoms with Crippen LogP contribution in [0.1, 0.15) is 45.4 Å². The van der Waals surface area contributed by atoms with Crippen molar-refractivity contribution in [3.05, 3.63) is 0 Å². The second-order valence-corrected chi connectivity index (χ2v) is 4.19. The van der Waals surface area contributed by atoms with Crippen LogP contribution >= 0.6 is 0 Å². The lowest BCUT2D eigenvalue weighted by Gasteiger charge is -2.17. The third-order valence-corrected chi connectivity index (χ3v) is 2.84. The molecule has 82 valence electrons. The molecule has 1 aliphatic carbocycles. The first kappa shape index (κ1) is 11.5.